The van der Waals surface area contributed by atoms with Crippen LogP contribution in [0.25, 0.3) is 11.4 Å². The SMILES string of the molecule is Cc1cc(N2CCc3nc[nH]c3C2)nc(-c2cccnc2)n1. The molecule has 0 saturated carbocycles. The topological polar surface area (TPSA) is 70.6 Å². The highest BCUT2D eigenvalue weighted by molar-refractivity contribution is 5.57. The summed E-state index contributed by atoms with van der Waals surface area (Å²) in [6, 6.07) is 5.91. The smallest absolute Gasteiger partial charge is 0.163 e. The van der Waals surface area contributed by atoms with Crippen LogP contribution >= 0.6 is 0 Å². The van der Waals surface area contributed by atoms with Crippen LogP contribution in [0.15, 0.2) is 36.9 Å². The standard InChI is InChI=1S/C16H16N6/c1-11-7-15(21-16(20-11)12-3-2-5-17-8-12)22-6-4-13-14(9-22)19-10-18-13/h2-3,5,7-8,10H,4,6,9H2,1H3,(H,18,19). The highest BCUT2D eigenvalue weighted by Crippen LogP contribution is 2.24. The number of aromatic amines is 1. The van der Waals surface area contributed by atoms with E-state index in [1.807, 2.05) is 25.1 Å². The zero-order chi connectivity index (χ0) is 14.9. The summed E-state index contributed by atoms with van der Waals surface area (Å²) in [5.41, 5.74) is 4.23. The number of aromatic nitrogens is 5. The second-order valence-corrected chi connectivity index (χ2v) is 5.43. The van der Waals surface area contributed by atoms with E-state index in [4.69, 9.17) is 4.98 Å². The molecule has 1 N–H and O–H groups in total. The number of imidazole rings is 1. The zero-order valence-corrected chi connectivity index (χ0v) is 12.3. The van der Waals surface area contributed by atoms with Crippen LogP contribution in [-0.4, -0.2) is 31.5 Å². The van der Waals surface area contributed by atoms with Gasteiger partial charge in [0.1, 0.15) is 5.82 Å². The van der Waals surface area contributed by atoms with Gasteiger partial charge in [0, 0.05) is 42.7 Å². The van der Waals surface area contributed by atoms with Crippen LogP contribution < -0.4 is 4.90 Å². The molecule has 4 heterocycles. The number of hydrogen-bond acceptors (Lipinski definition) is 5. The number of aryl methyl sites for hydroxylation is 1. The Morgan fingerprint density at radius 2 is 2.23 bits per heavy atom. The number of nitrogens with one attached hydrogen (secondary N) is 1. The van der Waals surface area contributed by atoms with Gasteiger partial charge in [-0.2, -0.15) is 0 Å². The highest BCUT2D eigenvalue weighted by Gasteiger charge is 2.20. The minimum absolute atomic E-state index is 0.721. The fraction of sp³-hybridized carbons (Fsp3) is 0.250. The molecule has 110 valence electrons. The Morgan fingerprint density at radius 3 is 3.09 bits per heavy atom. The molecule has 0 spiro atoms. The molecule has 0 radical (unpaired) electrons. The first kappa shape index (κ1) is 12.9. The average molecular weight is 292 g/mol. The Balaban J connectivity index is 1.70. The molecule has 0 aromatic carbocycles. The summed E-state index contributed by atoms with van der Waals surface area (Å²) in [6.07, 6.45) is 6.25. The lowest BCUT2D eigenvalue weighted by atomic mass is 10.1. The van der Waals surface area contributed by atoms with E-state index < -0.39 is 0 Å². The van der Waals surface area contributed by atoms with Crippen LogP contribution in [0.1, 0.15) is 17.1 Å². The molecule has 0 saturated heterocycles. The van der Waals surface area contributed by atoms with Gasteiger partial charge in [0.2, 0.25) is 0 Å². The first-order valence-electron chi connectivity index (χ1n) is 7.32. The molecule has 6 nitrogen and oxygen atoms in total. The number of anilines is 1. The van der Waals surface area contributed by atoms with Gasteiger partial charge in [0.05, 0.1) is 24.3 Å². The molecule has 0 aliphatic carbocycles. The molecule has 0 unspecified atom stereocenters. The van der Waals surface area contributed by atoms with E-state index in [0.29, 0.717) is 0 Å². The van der Waals surface area contributed by atoms with Gasteiger partial charge in [-0.1, -0.05) is 0 Å². The van der Waals surface area contributed by atoms with Crippen LogP contribution in [0.2, 0.25) is 0 Å². The van der Waals surface area contributed by atoms with Crippen molar-refractivity contribution < 1.29 is 0 Å². The molecule has 0 amide bonds. The summed E-state index contributed by atoms with van der Waals surface area (Å²) < 4.78 is 0. The van der Waals surface area contributed by atoms with Gasteiger partial charge in [-0.05, 0) is 19.1 Å². The lowest BCUT2D eigenvalue weighted by molar-refractivity contribution is 0.700. The minimum Gasteiger partial charge on any atom is -0.350 e. The van der Waals surface area contributed by atoms with Crippen molar-refractivity contribution in [3.05, 3.63) is 54.0 Å². The molecule has 1 aliphatic rings. The number of hydrogen-bond donors (Lipinski definition) is 1. The van der Waals surface area contributed by atoms with Crippen molar-refractivity contribution in [1.29, 1.82) is 0 Å². The van der Waals surface area contributed by atoms with E-state index in [2.05, 4.69) is 24.8 Å². The maximum atomic E-state index is 4.73. The quantitative estimate of drug-likeness (QED) is 0.783. The van der Waals surface area contributed by atoms with Crippen LogP contribution in [0, 0.1) is 6.92 Å². The maximum absolute atomic E-state index is 4.73. The van der Waals surface area contributed by atoms with Crippen molar-refractivity contribution in [3.63, 3.8) is 0 Å². The van der Waals surface area contributed by atoms with E-state index in [9.17, 15) is 0 Å². The summed E-state index contributed by atoms with van der Waals surface area (Å²) in [5.74, 6) is 1.67. The van der Waals surface area contributed by atoms with Gasteiger partial charge < -0.3 is 9.88 Å². The summed E-state index contributed by atoms with van der Waals surface area (Å²) in [5, 5.41) is 0. The Kier molecular flexibility index (Phi) is 3.07. The molecule has 22 heavy (non-hydrogen) atoms. The van der Waals surface area contributed by atoms with Crippen LogP contribution in [0.3, 0.4) is 0 Å². The van der Waals surface area contributed by atoms with Crippen LogP contribution in [0.5, 0.6) is 0 Å². The Labute approximate surface area is 128 Å². The summed E-state index contributed by atoms with van der Waals surface area (Å²) >= 11 is 0. The number of fused-ring (bicyclic) bond motifs is 1. The third-order valence-corrected chi connectivity index (χ3v) is 3.86. The lowest BCUT2D eigenvalue weighted by Crippen LogP contribution is -2.31. The molecule has 6 heteroatoms. The van der Waals surface area contributed by atoms with E-state index in [1.54, 1.807) is 18.7 Å². The number of pyridine rings is 1. The fourth-order valence-corrected chi connectivity index (χ4v) is 2.75. The fourth-order valence-electron chi connectivity index (χ4n) is 2.75. The Bertz CT molecular complexity index is 795. The van der Waals surface area contributed by atoms with Crippen molar-refractivity contribution in [2.24, 2.45) is 0 Å². The second kappa shape index (κ2) is 5.22. The normalized spacial score (nSPS) is 14.0. The monoisotopic (exact) mass is 292 g/mol. The maximum Gasteiger partial charge on any atom is 0.163 e. The third-order valence-electron chi connectivity index (χ3n) is 3.86. The van der Waals surface area contributed by atoms with Crippen molar-refractivity contribution >= 4 is 5.82 Å². The van der Waals surface area contributed by atoms with Gasteiger partial charge in [0.15, 0.2) is 5.82 Å². The van der Waals surface area contributed by atoms with E-state index >= 15 is 0 Å². The van der Waals surface area contributed by atoms with Gasteiger partial charge in [-0.15, -0.1) is 0 Å². The Morgan fingerprint density at radius 1 is 1.27 bits per heavy atom. The Hall–Kier alpha value is -2.76. The summed E-state index contributed by atoms with van der Waals surface area (Å²) in [4.78, 5) is 23.2. The molecule has 0 bridgehead atoms. The van der Waals surface area contributed by atoms with Crippen LogP contribution in [-0.2, 0) is 13.0 Å². The highest BCUT2D eigenvalue weighted by atomic mass is 15.2. The van der Waals surface area contributed by atoms with Crippen LogP contribution in [0.4, 0.5) is 5.82 Å². The second-order valence-electron chi connectivity index (χ2n) is 5.43. The molecular weight excluding hydrogens is 276 g/mol. The first-order valence-corrected chi connectivity index (χ1v) is 7.32. The summed E-state index contributed by atoms with van der Waals surface area (Å²) in [6.45, 7) is 3.72. The largest absolute Gasteiger partial charge is 0.350 e. The number of nitrogens with zero attached hydrogens (tertiary/aromatic N) is 5. The van der Waals surface area contributed by atoms with Gasteiger partial charge in [-0.25, -0.2) is 15.0 Å². The van der Waals surface area contributed by atoms with E-state index in [0.717, 1.165) is 48.1 Å². The average Bonchev–Trinajstić information content (AvgIpc) is 3.02. The predicted molar refractivity (Wildman–Crippen MR) is 83.3 cm³/mol. The van der Waals surface area contributed by atoms with Crippen molar-refractivity contribution in [2.75, 3.05) is 11.4 Å². The molecule has 0 fully saturated rings. The van der Waals surface area contributed by atoms with Crippen molar-refractivity contribution in [3.8, 4) is 11.4 Å². The van der Waals surface area contributed by atoms with Gasteiger partial charge >= 0.3 is 0 Å². The number of H-pyrrole nitrogens is 1. The van der Waals surface area contributed by atoms with Crippen molar-refractivity contribution in [2.45, 2.75) is 19.9 Å². The first-order chi connectivity index (χ1) is 10.8. The molecule has 4 rings (SSSR count). The summed E-state index contributed by atoms with van der Waals surface area (Å²) in [7, 11) is 0. The lowest BCUT2D eigenvalue weighted by Gasteiger charge is -2.27. The molecular formula is C16H16N6. The van der Waals surface area contributed by atoms with E-state index in [1.165, 1.54) is 5.69 Å². The molecule has 0 atom stereocenters. The van der Waals surface area contributed by atoms with Crippen molar-refractivity contribution in [1.82, 2.24) is 24.9 Å². The third kappa shape index (κ3) is 2.32. The number of rotatable bonds is 2. The molecule has 1 aliphatic heterocycles. The molecule has 3 aromatic heterocycles. The molecule has 3 aromatic rings. The predicted octanol–water partition coefficient (Wildman–Crippen LogP) is 2.13. The van der Waals surface area contributed by atoms with Gasteiger partial charge in [0.25, 0.3) is 0 Å². The minimum atomic E-state index is 0.721. The zero-order valence-electron chi connectivity index (χ0n) is 12.3. The van der Waals surface area contributed by atoms with E-state index in [-0.39, 0.29) is 0 Å². The van der Waals surface area contributed by atoms with Gasteiger partial charge in [-0.3, -0.25) is 4.98 Å².